The van der Waals surface area contributed by atoms with Gasteiger partial charge in [-0.1, -0.05) is 11.6 Å². The number of halogens is 2. The number of ether oxygens (including phenoxy) is 1. The lowest BCUT2D eigenvalue weighted by Crippen LogP contribution is -2.51. The van der Waals surface area contributed by atoms with E-state index in [1.54, 1.807) is 12.1 Å². The Labute approximate surface area is 212 Å². The van der Waals surface area contributed by atoms with E-state index in [0.717, 1.165) is 29.6 Å². The van der Waals surface area contributed by atoms with Crippen molar-refractivity contribution < 1.29 is 9.13 Å². The molecule has 1 aromatic heterocycles. The van der Waals surface area contributed by atoms with Crippen LogP contribution in [0.15, 0.2) is 30.3 Å². The van der Waals surface area contributed by atoms with Crippen LogP contribution < -0.4 is 4.74 Å². The smallest absolute Gasteiger partial charge is 0.233 e. The van der Waals surface area contributed by atoms with E-state index in [9.17, 15) is 4.39 Å². The van der Waals surface area contributed by atoms with E-state index in [1.165, 1.54) is 83.1 Å². The second-order valence-corrected chi connectivity index (χ2v) is 13.1. The largest absolute Gasteiger partial charge is 0.476 e. The van der Waals surface area contributed by atoms with Gasteiger partial charge in [0.05, 0.1) is 17.3 Å². The molecule has 3 atom stereocenters. The molecule has 1 saturated heterocycles. The molecule has 6 fully saturated rings. The highest BCUT2D eigenvalue weighted by Crippen LogP contribution is 2.60. The lowest BCUT2D eigenvalue weighted by atomic mass is 9.49. The van der Waals surface area contributed by atoms with Gasteiger partial charge in [-0.2, -0.15) is 0 Å². The van der Waals surface area contributed by atoms with Gasteiger partial charge in [-0.3, -0.25) is 0 Å². The Morgan fingerprint density at radius 3 is 2.23 bits per heavy atom. The van der Waals surface area contributed by atoms with Gasteiger partial charge in [0.25, 0.3) is 0 Å². The van der Waals surface area contributed by atoms with Crippen molar-refractivity contribution in [3.8, 4) is 17.1 Å². The Bertz CT molecular complexity index is 1040. The summed E-state index contributed by atoms with van der Waals surface area (Å²) in [4.78, 5) is 2.85. The van der Waals surface area contributed by atoms with Crippen LogP contribution in [0, 0.1) is 46.7 Å². The number of nitrogens with zero attached hydrogens (tertiary/aromatic N) is 3. The van der Waals surface area contributed by atoms with Crippen LogP contribution in [-0.4, -0.2) is 41.3 Å². The molecule has 0 radical (unpaired) electrons. The summed E-state index contributed by atoms with van der Waals surface area (Å²) in [6.45, 7) is 4.68. The third-order valence-electron chi connectivity index (χ3n) is 9.96. The van der Waals surface area contributed by atoms with Gasteiger partial charge in [0, 0.05) is 31.3 Å². The van der Waals surface area contributed by atoms with Gasteiger partial charge >= 0.3 is 0 Å². The molecule has 0 N–H and O–H groups in total. The Morgan fingerprint density at radius 2 is 1.60 bits per heavy atom. The molecule has 2 heterocycles. The fourth-order valence-corrected chi connectivity index (χ4v) is 9.40. The molecule has 1 unspecified atom stereocenters. The van der Waals surface area contributed by atoms with E-state index >= 15 is 0 Å². The molecule has 35 heavy (non-hydrogen) atoms. The average Bonchev–Trinajstić information content (AvgIpc) is 3.36. The minimum Gasteiger partial charge on any atom is -0.476 e. The van der Waals surface area contributed by atoms with Crippen LogP contribution in [0.2, 0.25) is 5.02 Å². The first-order valence-corrected chi connectivity index (χ1v) is 14.0. The first-order chi connectivity index (χ1) is 17.0. The minimum atomic E-state index is -0.338. The predicted octanol–water partition coefficient (Wildman–Crippen LogP) is 6.49. The third-order valence-corrected chi connectivity index (χ3v) is 10.3. The van der Waals surface area contributed by atoms with Crippen LogP contribution >= 0.6 is 11.6 Å². The number of likely N-dealkylation sites (tertiary alicyclic amines) is 1. The fourth-order valence-electron chi connectivity index (χ4n) is 9.18. The van der Waals surface area contributed by atoms with E-state index in [2.05, 4.69) is 15.1 Å². The number of hydrogen-bond donors (Lipinski definition) is 0. The number of rotatable bonds is 6. The summed E-state index contributed by atoms with van der Waals surface area (Å²) in [6, 6.07) is 7.88. The highest BCUT2D eigenvalue weighted by atomic mass is 35.5. The van der Waals surface area contributed by atoms with Crippen molar-refractivity contribution in [2.45, 2.75) is 51.4 Å². The molecular formula is C29H35ClFN3O. The normalized spacial score (nSPS) is 37.7. The van der Waals surface area contributed by atoms with Crippen LogP contribution in [0.25, 0.3) is 11.3 Å². The Morgan fingerprint density at radius 1 is 0.914 bits per heavy atom. The maximum absolute atomic E-state index is 13.6. The van der Waals surface area contributed by atoms with Gasteiger partial charge in [-0.15, -0.1) is 10.2 Å². The van der Waals surface area contributed by atoms with Crippen molar-refractivity contribution in [2.24, 2.45) is 40.9 Å². The number of hydrogen-bond acceptors (Lipinski definition) is 4. The summed E-state index contributed by atoms with van der Waals surface area (Å²) >= 11 is 6.19. The van der Waals surface area contributed by atoms with Crippen LogP contribution in [0.1, 0.15) is 51.4 Å². The highest BCUT2D eigenvalue weighted by molar-refractivity contribution is 6.33. The molecule has 4 bridgehead atoms. The quantitative estimate of drug-likeness (QED) is 0.459. The van der Waals surface area contributed by atoms with Crippen LogP contribution in [-0.2, 0) is 0 Å². The van der Waals surface area contributed by atoms with Gasteiger partial charge in [0.1, 0.15) is 5.82 Å². The number of benzene rings is 1. The van der Waals surface area contributed by atoms with E-state index in [1.807, 2.05) is 6.07 Å². The maximum Gasteiger partial charge on any atom is 0.233 e. The monoisotopic (exact) mass is 495 g/mol. The Balaban J connectivity index is 0.910. The van der Waals surface area contributed by atoms with Crippen LogP contribution in [0.4, 0.5) is 4.39 Å². The van der Waals surface area contributed by atoms with Crippen molar-refractivity contribution in [1.82, 2.24) is 15.1 Å². The van der Waals surface area contributed by atoms with Crippen molar-refractivity contribution in [1.29, 1.82) is 0 Å². The van der Waals surface area contributed by atoms with Crippen molar-refractivity contribution >= 4 is 11.6 Å². The molecule has 6 aliphatic rings. The second kappa shape index (κ2) is 8.69. The predicted molar refractivity (Wildman–Crippen MR) is 135 cm³/mol. The molecule has 2 aromatic rings. The lowest BCUT2D eigenvalue weighted by molar-refractivity contribution is -0.0674. The van der Waals surface area contributed by atoms with Gasteiger partial charge < -0.3 is 9.64 Å². The molecule has 1 aliphatic heterocycles. The molecule has 1 aromatic carbocycles. The van der Waals surface area contributed by atoms with E-state index in [4.69, 9.17) is 16.3 Å². The molecule has 5 saturated carbocycles. The third kappa shape index (κ3) is 4.37. The van der Waals surface area contributed by atoms with Gasteiger partial charge in [0.15, 0.2) is 0 Å². The molecule has 8 rings (SSSR count). The Hall–Kier alpha value is -1.72. The zero-order valence-electron chi connectivity index (χ0n) is 20.3. The summed E-state index contributed by atoms with van der Waals surface area (Å²) in [6.07, 6.45) is 11.7. The summed E-state index contributed by atoms with van der Waals surface area (Å²) < 4.78 is 19.6. The molecule has 6 heteroatoms. The first-order valence-electron chi connectivity index (χ1n) is 13.6. The summed E-state index contributed by atoms with van der Waals surface area (Å²) in [5.74, 6) is 5.61. The highest BCUT2D eigenvalue weighted by Gasteiger charge is 2.52. The molecule has 186 valence electrons. The van der Waals surface area contributed by atoms with Crippen molar-refractivity contribution in [2.75, 3.05) is 26.2 Å². The summed E-state index contributed by atoms with van der Waals surface area (Å²) in [7, 11) is 0. The van der Waals surface area contributed by atoms with Gasteiger partial charge in [0.2, 0.25) is 5.88 Å². The van der Waals surface area contributed by atoms with Crippen molar-refractivity contribution in [3.05, 3.63) is 41.2 Å². The summed E-state index contributed by atoms with van der Waals surface area (Å²) in [5.41, 5.74) is 1.76. The summed E-state index contributed by atoms with van der Waals surface area (Å²) in [5, 5.41) is 8.89. The van der Waals surface area contributed by atoms with E-state index in [0.29, 0.717) is 40.1 Å². The molecule has 4 nitrogen and oxygen atoms in total. The van der Waals surface area contributed by atoms with Crippen LogP contribution in [0.5, 0.6) is 5.88 Å². The maximum atomic E-state index is 13.6. The van der Waals surface area contributed by atoms with Gasteiger partial charge in [-0.25, -0.2) is 4.39 Å². The first kappa shape index (κ1) is 22.5. The fraction of sp³-hybridized carbons (Fsp3) is 0.655. The average molecular weight is 496 g/mol. The molecule has 0 amide bonds. The van der Waals surface area contributed by atoms with Crippen molar-refractivity contribution in [3.63, 3.8) is 0 Å². The molecule has 5 aliphatic carbocycles. The van der Waals surface area contributed by atoms with E-state index in [-0.39, 0.29) is 5.82 Å². The van der Waals surface area contributed by atoms with Gasteiger partial charge in [-0.05, 0) is 117 Å². The zero-order chi connectivity index (χ0) is 23.6. The lowest BCUT2D eigenvalue weighted by Gasteiger charge is -2.57. The minimum absolute atomic E-state index is 0.338. The molecular weight excluding hydrogens is 461 g/mol. The Kier molecular flexibility index (Phi) is 5.58. The molecule has 0 spiro atoms. The number of aromatic nitrogens is 2. The van der Waals surface area contributed by atoms with E-state index < -0.39 is 0 Å². The number of fused-ring (bicyclic) bond motifs is 1. The standard InChI is InChI=1S/C29H35ClFN3O/c30-26-2-1-24(31)10-25(26)27-3-4-28(33-32-27)35-16-21-8-22-14-34(15-23(22)9-21)17-29-11-18-5-19(12-29)7-20(6-18)13-29/h1-4,10,18-23H,5-9,11-17H2/t18?,19?,20?,21?,22-,23+,29?. The van der Waals surface area contributed by atoms with Crippen LogP contribution in [0.3, 0.4) is 0 Å². The SMILES string of the molecule is Fc1ccc(Cl)c(-c2ccc(OCC3C[C@@H]4CN(CC56CC7CC(CC(C7)C5)C6)C[C@@H]4C3)nn2)c1. The topological polar surface area (TPSA) is 38.2 Å². The zero-order valence-corrected chi connectivity index (χ0v) is 21.1. The second-order valence-electron chi connectivity index (χ2n) is 12.7.